The third kappa shape index (κ3) is 2.24. The first-order chi connectivity index (χ1) is 5.79. The fraction of sp³-hybridized carbons (Fsp3) is 1.00. The van der Waals surface area contributed by atoms with Gasteiger partial charge in [-0.1, -0.05) is 46.5 Å². The Morgan fingerprint density at radius 3 is 2.42 bits per heavy atom. The molecule has 1 fully saturated rings. The largest absolute Gasteiger partial charge is 0.0654 e. The van der Waals surface area contributed by atoms with E-state index in [0.717, 1.165) is 17.8 Å². The van der Waals surface area contributed by atoms with E-state index in [0.29, 0.717) is 0 Å². The molecular formula is C12H24. The van der Waals surface area contributed by atoms with Crippen LogP contribution in [0.5, 0.6) is 0 Å². The Balaban J connectivity index is 2.19. The van der Waals surface area contributed by atoms with E-state index in [9.17, 15) is 0 Å². The molecule has 1 saturated carbocycles. The van der Waals surface area contributed by atoms with Gasteiger partial charge >= 0.3 is 0 Å². The summed E-state index contributed by atoms with van der Waals surface area (Å²) < 4.78 is 0. The Kier molecular flexibility index (Phi) is 4.11. The molecule has 0 N–H and O–H groups in total. The van der Waals surface area contributed by atoms with Crippen molar-refractivity contribution in [2.24, 2.45) is 17.8 Å². The lowest BCUT2D eigenvalue weighted by Gasteiger charge is -2.40. The Labute approximate surface area is 77.7 Å². The topological polar surface area (TPSA) is 0 Å². The van der Waals surface area contributed by atoms with Crippen molar-refractivity contribution in [1.29, 1.82) is 0 Å². The highest BCUT2D eigenvalue weighted by atomic mass is 14.4. The maximum atomic E-state index is 2.43. The lowest BCUT2D eigenvalue weighted by molar-refractivity contribution is 0.0999. The SMILES string of the molecule is CCCCC1CCC1C(C)CC. The van der Waals surface area contributed by atoms with Crippen molar-refractivity contribution in [3.63, 3.8) is 0 Å². The van der Waals surface area contributed by atoms with Gasteiger partial charge in [0.2, 0.25) is 0 Å². The molecule has 0 nitrogen and oxygen atoms in total. The predicted octanol–water partition coefficient (Wildman–Crippen LogP) is 4.25. The summed E-state index contributed by atoms with van der Waals surface area (Å²) in [6.07, 6.45) is 8.76. The summed E-state index contributed by atoms with van der Waals surface area (Å²) in [5, 5.41) is 0. The zero-order chi connectivity index (χ0) is 8.97. The maximum Gasteiger partial charge on any atom is -0.0360 e. The van der Waals surface area contributed by atoms with Gasteiger partial charge < -0.3 is 0 Å². The average Bonchev–Trinajstić information content (AvgIpc) is 2.03. The standard InChI is InChI=1S/C12H24/c1-4-6-7-11-8-9-12(11)10(3)5-2/h10-12H,4-9H2,1-3H3. The quantitative estimate of drug-likeness (QED) is 0.575. The van der Waals surface area contributed by atoms with E-state index in [1.807, 2.05) is 0 Å². The highest BCUT2D eigenvalue weighted by molar-refractivity contribution is 4.83. The van der Waals surface area contributed by atoms with Gasteiger partial charge in [-0.2, -0.15) is 0 Å². The molecule has 0 aromatic heterocycles. The van der Waals surface area contributed by atoms with Gasteiger partial charge in [-0.05, 0) is 30.6 Å². The minimum atomic E-state index is 0.987. The molecule has 72 valence electrons. The van der Waals surface area contributed by atoms with Crippen LogP contribution < -0.4 is 0 Å². The van der Waals surface area contributed by atoms with Crippen LogP contribution in [-0.4, -0.2) is 0 Å². The molecule has 0 amide bonds. The molecule has 0 bridgehead atoms. The second-order valence-electron chi connectivity index (χ2n) is 4.53. The smallest absolute Gasteiger partial charge is 0.0360 e. The second-order valence-corrected chi connectivity index (χ2v) is 4.53. The highest BCUT2D eigenvalue weighted by Crippen LogP contribution is 2.43. The third-order valence-corrected chi connectivity index (χ3v) is 3.78. The third-order valence-electron chi connectivity index (χ3n) is 3.78. The van der Waals surface area contributed by atoms with Crippen molar-refractivity contribution in [1.82, 2.24) is 0 Å². The molecule has 3 atom stereocenters. The summed E-state index contributed by atoms with van der Waals surface area (Å²) in [6, 6.07) is 0. The molecule has 0 aromatic rings. The van der Waals surface area contributed by atoms with E-state index in [2.05, 4.69) is 20.8 Å². The zero-order valence-electron chi connectivity index (χ0n) is 8.97. The molecule has 3 unspecified atom stereocenters. The summed E-state index contributed by atoms with van der Waals surface area (Å²) in [6.45, 7) is 7.07. The summed E-state index contributed by atoms with van der Waals surface area (Å²) in [5.74, 6) is 3.17. The molecule has 12 heavy (non-hydrogen) atoms. The van der Waals surface area contributed by atoms with Crippen LogP contribution in [0, 0.1) is 17.8 Å². The molecule has 0 saturated heterocycles. The number of rotatable bonds is 5. The molecule has 0 radical (unpaired) electrons. The van der Waals surface area contributed by atoms with Gasteiger partial charge in [-0.25, -0.2) is 0 Å². The predicted molar refractivity (Wildman–Crippen MR) is 55.2 cm³/mol. The molecule has 1 aliphatic carbocycles. The number of unbranched alkanes of at least 4 members (excludes halogenated alkanes) is 1. The summed E-state index contributed by atoms with van der Waals surface area (Å²) in [4.78, 5) is 0. The molecule has 0 heterocycles. The van der Waals surface area contributed by atoms with E-state index in [1.165, 1.54) is 38.5 Å². The van der Waals surface area contributed by atoms with Crippen molar-refractivity contribution in [3.05, 3.63) is 0 Å². The minimum absolute atomic E-state index is 0.987. The summed E-state index contributed by atoms with van der Waals surface area (Å²) in [5.41, 5.74) is 0. The first-order valence-corrected chi connectivity index (χ1v) is 5.79. The second kappa shape index (κ2) is 4.89. The van der Waals surface area contributed by atoms with Crippen molar-refractivity contribution in [2.75, 3.05) is 0 Å². The van der Waals surface area contributed by atoms with Gasteiger partial charge in [0.25, 0.3) is 0 Å². The van der Waals surface area contributed by atoms with Gasteiger partial charge in [-0.15, -0.1) is 0 Å². The van der Waals surface area contributed by atoms with Gasteiger partial charge in [0.1, 0.15) is 0 Å². The molecule has 0 heteroatoms. The van der Waals surface area contributed by atoms with Gasteiger partial charge in [-0.3, -0.25) is 0 Å². The van der Waals surface area contributed by atoms with Crippen molar-refractivity contribution >= 4 is 0 Å². The Morgan fingerprint density at radius 1 is 1.25 bits per heavy atom. The van der Waals surface area contributed by atoms with E-state index >= 15 is 0 Å². The van der Waals surface area contributed by atoms with Crippen LogP contribution in [0.2, 0.25) is 0 Å². The summed E-state index contributed by atoms with van der Waals surface area (Å²) in [7, 11) is 0. The van der Waals surface area contributed by atoms with Gasteiger partial charge in [0.15, 0.2) is 0 Å². The van der Waals surface area contributed by atoms with Gasteiger partial charge in [0.05, 0.1) is 0 Å². The van der Waals surface area contributed by atoms with Gasteiger partial charge in [0, 0.05) is 0 Å². The van der Waals surface area contributed by atoms with Crippen molar-refractivity contribution < 1.29 is 0 Å². The minimum Gasteiger partial charge on any atom is -0.0654 e. The maximum absolute atomic E-state index is 2.43. The van der Waals surface area contributed by atoms with Crippen molar-refractivity contribution in [3.8, 4) is 0 Å². The van der Waals surface area contributed by atoms with Crippen LogP contribution in [0.4, 0.5) is 0 Å². The normalized spacial score (nSPS) is 31.2. The van der Waals surface area contributed by atoms with Crippen LogP contribution in [0.1, 0.15) is 59.3 Å². The fourth-order valence-electron chi connectivity index (χ4n) is 2.47. The fourth-order valence-corrected chi connectivity index (χ4v) is 2.47. The van der Waals surface area contributed by atoms with E-state index in [4.69, 9.17) is 0 Å². The molecule has 1 aliphatic rings. The monoisotopic (exact) mass is 168 g/mol. The lowest BCUT2D eigenvalue weighted by Crippen LogP contribution is -2.30. The van der Waals surface area contributed by atoms with Crippen LogP contribution >= 0.6 is 0 Å². The number of hydrogen-bond donors (Lipinski definition) is 0. The number of hydrogen-bond acceptors (Lipinski definition) is 0. The van der Waals surface area contributed by atoms with Crippen molar-refractivity contribution in [2.45, 2.75) is 59.3 Å². The Hall–Kier alpha value is 0. The van der Waals surface area contributed by atoms with Crippen LogP contribution in [-0.2, 0) is 0 Å². The van der Waals surface area contributed by atoms with E-state index in [-0.39, 0.29) is 0 Å². The van der Waals surface area contributed by atoms with Crippen LogP contribution in [0.3, 0.4) is 0 Å². The Morgan fingerprint density at radius 2 is 2.00 bits per heavy atom. The molecule has 0 spiro atoms. The summed E-state index contributed by atoms with van der Waals surface area (Å²) >= 11 is 0. The molecule has 0 aliphatic heterocycles. The molecule has 1 rings (SSSR count). The highest BCUT2D eigenvalue weighted by Gasteiger charge is 2.32. The molecular weight excluding hydrogens is 144 g/mol. The van der Waals surface area contributed by atoms with E-state index < -0.39 is 0 Å². The molecule has 0 aromatic carbocycles. The first-order valence-electron chi connectivity index (χ1n) is 5.79. The first kappa shape index (κ1) is 10.1. The van der Waals surface area contributed by atoms with Crippen LogP contribution in [0.15, 0.2) is 0 Å². The van der Waals surface area contributed by atoms with Crippen LogP contribution in [0.25, 0.3) is 0 Å². The average molecular weight is 168 g/mol. The van der Waals surface area contributed by atoms with E-state index in [1.54, 1.807) is 0 Å². The Bertz CT molecular complexity index is 117. The lowest BCUT2D eigenvalue weighted by atomic mass is 9.65. The zero-order valence-corrected chi connectivity index (χ0v) is 8.97.